The van der Waals surface area contributed by atoms with Gasteiger partial charge in [0.1, 0.15) is 0 Å². The van der Waals surface area contributed by atoms with Gasteiger partial charge in [-0.2, -0.15) is 0 Å². The topological polar surface area (TPSA) is 70.8 Å². The fraction of sp³-hybridized carbons (Fsp3) is 0.562. The van der Waals surface area contributed by atoms with Gasteiger partial charge < -0.3 is 19.9 Å². The van der Waals surface area contributed by atoms with Crippen LogP contribution in [-0.2, 0) is 4.74 Å². The smallest absolute Gasteiger partial charge is 0.340 e. The van der Waals surface area contributed by atoms with Crippen LogP contribution in [0.2, 0.25) is 0 Å². The van der Waals surface area contributed by atoms with E-state index in [2.05, 4.69) is 6.92 Å². The van der Waals surface area contributed by atoms with E-state index in [4.69, 9.17) is 19.9 Å². The molecule has 1 rings (SSSR count). The van der Waals surface area contributed by atoms with Gasteiger partial charge in [-0.1, -0.05) is 32.6 Å². The van der Waals surface area contributed by atoms with Gasteiger partial charge in [-0.3, -0.25) is 0 Å². The summed E-state index contributed by atoms with van der Waals surface area (Å²) in [5.41, 5.74) is 6.48. The number of nitrogens with two attached hydrogens (primary N) is 1. The monoisotopic (exact) mass is 295 g/mol. The first-order chi connectivity index (χ1) is 10.1. The van der Waals surface area contributed by atoms with Crippen LogP contribution in [0.4, 0.5) is 5.69 Å². The quantitative estimate of drug-likeness (QED) is 0.429. The summed E-state index contributed by atoms with van der Waals surface area (Å²) in [7, 11) is 3.03. The molecule has 0 heterocycles. The minimum absolute atomic E-state index is 0.307. The molecule has 0 saturated carbocycles. The first-order valence-corrected chi connectivity index (χ1v) is 7.32. The zero-order chi connectivity index (χ0) is 15.7. The third kappa shape index (κ3) is 5.17. The molecule has 1 aromatic rings. The van der Waals surface area contributed by atoms with Crippen molar-refractivity contribution in [2.45, 2.75) is 39.0 Å². The summed E-state index contributed by atoms with van der Waals surface area (Å²) in [6.07, 6.45) is 5.53. The van der Waals surface area contributed by atoms with E-state index in [9.17, 15) is 4.79 Å². The van der Waals surface area contributed by atoms with Gasteiger partial charge in [-0.05, 0) is 6.42 Å². The van der Waals surface area contributed by atoms with E-state index in [1.807, 2.05) is 0 Å². The number of ether oxygens (including phenoxy) is 3. The SMILES string of the molecule is CCCCCCCOC(=O)c1cc(OC)c(OC)cc1N. The van der Waals surface area contributed by atoms with Crippen LogP contribution in [0.15, 0.2) is 12.1 Å². The average Bonchev–Trinajstić information content (AvgIpc) is 2.50. The standard InChI is InChI=1S/C16H25NO4/c1-4-5-6-7-8-9-21-16(18)12-10-14(19-2)15(20-3)11-13(12)17/h10-11H,4-9,17H2,1-3H3. The predicted octanol–water partition coefficient (Wildman–Crippen LogP) is 3.41. The summed E-state index contributed by atoms with van der Waals surface area (Å²) in [6, 6.07) is 3.12. The third-order valence-corrected chi connectivity index (χ3v) is 3.26. The van der Waals surface area contributed by atoms with Crippen molar-refractivity contribution < 1.29 is 19.0 Å². The molecule has 5 nitrogen and oxygen atoms in total. The number of nitrogen functional groups attached to an aromatic ring is 1. The summed E-state index contributed by atoms with van der Waals surface area (Å²) in [4.78, 5) is 12.0. The fourth-order valence-electron chi connectivity index (χ4n) is 2.02. The van der Waals surface area contributed by atoms with Crippen LogP contribution in [0.5, 0.6) is 11.5 Å². The van der Waals surface area contributed by atoms with Gasteiger partial charge >= 0.3 is 5.97 Å². The number of hydrogen-bond acceptors (Lipinski definition) is 5. The number of benzene rings is 1. The Kier molecular flexibility index (Phi) is 7.43. The van der Waals surface area contributed by atoms with Crippen LogP contribution < -0.4 is 15.2 Å². The van der Waals surface area contributed by atoms with E-state index in [-0.39, 0.29) is 0 Å². The molecule has 0 saturated heterocycles. The number of esters is 1. The lowest BCUT2D eigenvalue weighted by Gasteiger charge is -2.12. The molecule has 0 atom stereocenters. The van der Waals surface area contributed by atoms with Gasteiger partial charge in [-0.15, -0.1) is 0 Å². The molecule has 0 aliphatic carbocycles. The predicted molar refractivity (Wildman–Crippen MR) is 83.0 cm³/mol. The first kappa shape index (κ1) is 17.1. The van der Waals surface area contributed by atoms with Crippen molar-refractivity contribution in [1.82, 2.24) is 0 Å². The lowest BCUT2D eigenvalue weighted by molar-refractivity contribution is 0.0498. The molecule has 0 unspecified atom stereocenters. The van der Waals surface area contributed by atoms with Gasteiger partial charge in [0.05, 0.1) is 32.1 Å². The van der Waals surface area contributed by atoms with E-state index >= 15 is 0 Å². The van der Waals surface area contributed by atoms with Crippen LogP contribution in [0.1, 0.15) is 49.4 Å². The van der Waals surface area contributed by atoms with Crippen LogP contribution in [0.25, 0.3) is 0 Å². The number of carbonyl (C=O) groups excluding carboxylic acids is 1. The highest BCUT2D eigenvalue weighted by atomic mass is 16.5. The molecule has 0 aromatic heterocycles. The Hall–Kier alpha value is -1.91. The minimum atomic E-state index is -0.427. The van der Waals surface area contributed by atoms with Crippen molar-refractivity contribution in [3.8, 4) is 11.5 Å². The minimum Gasteiger partial charge on any atom is -0.493 e. The number of methoxy groups -OCH3 is 2. The lowest BCUT2D eigenvalue weighted by atomic mass is 10.1. The maximum atomic E-state index is 12.0. The van der Waals surface area contributed by atoms with Crippen LogP contribution in [0.3, 0.4) is 0 Å². The van der Waals surface area contributed by atoms with Crippen LogP contribution in [-0.4, -0.2) is 26.8 Å². The van der Waals surface area contributed by atoms with Crippen molar-refractivity contribution in [3.63, 3.8) is 0 Å². The molecule has 0 aliphatic heterocycles. The maximum Gasteiger partial charge on any atom is 0.340 e. The summed E-state index contributed by atoms with van der Waals surface area (Å²) >= 11 is 0. The molecule has 0 spiro atoms. The zero-order valence-electron chi connectivity index (χ0n) is 13.1. The Morgan fingerprint density at radius 2 is 1.67 bits per heavy atom. The van der Waals surface area contributed by atoms with Crippen molar-refractivity contribution in [2.24, 2.45) is 0 Å². The Bertz CT molecular complexity index is 460. The highest BCUT2D eigenvalue weighted by Crippen LogP contribution is 2.32. The van der Waals surface area contributed by atoms with Gasteiger partial charge in [0.25, 0.3) is 0 Å². The number of anilines is 1. The molecule has 118 valence electrons. The average molecular weight is 295 g/mol. The molecular formula is C16H25NO4. The van der Waals surface area contributed by atoms with Gasteiger partial charge in [0, 0.05) is 12.1 Å². The second-order valence-electron chi connectivity index (χ2n) is 4.84. The second-order valence-corrected chi connectivity index (χ2v) is 4.84. The summed E-state index contributed by atoms with van der Waals surface area (Å²) in [5.74, 6) is 0.525. The van der Waals surface area contributed by atoms with Crippen molar-refractivity contribution >= 4 is 11.7 Å². The van der Waals surface area contributed by atoms with E-state index in [1.165, 1.54) is 33.5 Å². The Balaban J connectivity index is 2.57. The second kappa shape index (κ2) is 9.10. The van der Waals surface area contributed by atoms with E-state index in [0.29, 0.717) is 29.4 Å². The molecule has 21 heavy (non-hydrogen) atoms. The Morgan fingerprint density at radius 1 is 1.05 bits per heavy atom. The molecule has 0 bridgehead atoms. The van der Waals surface area contributed by atoms with Crippen molar-refractivity contribution in [2.75, 3.05) is 26.6 Å². The van der Waals surface area contributed by atoms with Gasteiger partial charge in [0.2, 0.25) is 0 Å². The summed E-state index contributed by atoms with van der Waals surface area (Å²) < 4.78 is 15.5. The van der Waals surface area contributed by atoms with E-state index < -0.39 is 5.97 Å². The molecule has 0 fully saturated rings. The van der Waals surface area contributed by atoms with E-state index in [1.54, 1.807) is 12.1 Å². The molecule has 0 aliphatic rings. The lowest BCUT2D eigenvalue weighted by Crippen LogP contribution is -2.10. The molecule has 2 N–H and O–H groups in total. The molecule has 0 radical (unpaired) electrons. The summed E-state index contributed by atoms with van der Waals surface area (Å²) in [5, 5.41) is 0. The third-order valence-electron chi connectivity index (χ3n) is 3.26. The van der Waals surface area contributed by atoms with Crippen molar-refractivity contribution in [1.29, 1.82) is 0 Å². The molecule has 1 aromatic carbocycles. The molecule has 0 amide bonds. The number of unbranched alkanes of at least 4 members (excludes halogenated alkanes) is 4. The Labute approximate surface area is 126 Å². The normalized spacial score (nSPS) is 10.2. The number of hydrogen-bond donors (Lipinski definition) is 1. The first-order valence-electron chi connectivity index (χ1n) is 7.32. The van der Waals surface area contributed by atoms with Crippen LogP contribution >= 0.6 is 0 Å². The maximum absolute atomic E-state index is 12.0. The summed E-state index contributed by atoms with van der Waals surface area (Å²) in [6.45, 7) is 2.58. The van der Waals surface area contributed by atoms with Crippen molar-refractivity contribution in [3.05, 3.63) is 17.7 Å². The van der Waals surface area contributed by atoms with E-state index in [0.717, 1.165) is 12.8 Å². The number of carbonyl (C=O) groups is 1. The highest BCUT2D eigenvalue weighted by molar-refractivity contribution is 5.96. The number of rotatable bonds is 9. The zero-order valence-corrected chi connectivity index (χ0v) is 13.1. The van der Waals surface area contributed by atoms with Gasteiger partial charge in [-0.25, -0.2) is 4.79 Å². The fourth-order valence-corrected chi connectivity index (χ4v) is 2.02. The van der Waals surface area contributed by atoms with Crippen LogP contribution in [0, 0.1) is 0 Å². The Morgan fingerprint density at radius 3 is 2.29 bits per heavy atom. The largest absolute Gasteiger partial charge is 0.493 e. The molecular weight excluding hydrogens is 270 g/mol. The highest BCUT2D eigenvalue weighted by Gasteiger charge is 2.16. The van der Waals surface area contributed by atoms with Gasteiger partial charge in [0.15, 0.2) is 11.5 Å². The molecule has 5 heteroatoms.